The molecule has 3 heteroatoms. The van der Waals surface area contributed by atoms with Gasteiger partial charge in [0.25, 0.3) is 0 Å². The summed E-state index contributed by atoms with van der Waals surface area (Å²) in [6.45, 7) is 1.49. The van der Waals surface area contributed by atoms with Gasteiger partial charge in [-0.2, -0.15) is 0 Å². The van der Waals surface area contributed by atoms with E-state index < -0.39 is 0 Å². The molecule has 0 aromatic carbocycles. The zero-order valence-electron chi connectivity index (χ0n) is 3.74. The summed E-state index contributed by atoms with van der Waals surface area (Å²) in [4.78, 5) is 10.1. The molecule has 0 bridgehead atoms. The van der Waals surface area contributed by atoms with Gasteiger partial charge < -0.3 is 0 Å². The van der Waals surface area contributed by atoms with Gasteiger partial charge in [0.2, 0.25) is 0 Å². The summed E-state index contributed by atoms with van der Waals surface area (Å²) in [6, 6.07) is 0. The van der Waals surface area contributed by atoms with Crippen LogP contribution in [0.15, 0.2) is 9.47 Å². The van der Waals surface area contributed by atoms with Gasteiger partial charge in [0.1, 0.15) is 0 Å². The lowest BCUT2D eigenvalue weighted by Gasteiger charge is -1.76. The zero-order valence-corrected chi connectivity index (χ0v) is 6.91. The standard InChI is InChI=1S/C4H4Br2O/c1-3(7)2-4(5)6/h2H,1H3. The Kier molecular flexibility index (Phi) is 3.56. The minimum atomic E-state index is 0.0313. The fourth-order valence-electron chi connectivity index (χ4n) is 0.154. The highest BCUT2D eigenvalue weighted by atomic mass is 79.9. The second-order valence-corrected chi connectivity index (χ2v) is 3.82. The summed E-state index contributed by atoms with van der Waals surface area (Å²) < 4.78 is 0.688. The highest BCUT2D eigenvalue weighted by molar-refractivity contribution is 9.28. The topological polar surface area (TPSA) is 17.1 Å². The Hall–Kier alpha value is 0.370. The summed E-state index contributed by atoms with van der Waals surface area (Å²) in [6.07, 6.45) is 1.44. The summed E-state index contributed by atoms with van der Waals surface area (Å²) in [5.41, 5.74) is 0. The van der Waals surface area contributed by atoms with Gasteiger partial charge in [-0.1, -0.05) is 0 Å². The van der Waals surface area contributed by atoms with Gasteiger partial charge in [-0.05, 0) is 38.8 Å². The van der Waals surface area contributed by atoms with E-state index in [4.69, 9.17) is 0 Å². The third-order valence-corrected chi connectivity index (χ3v) is 0.770. The van der Waals surface area contributed by atoms with Gasteiger partial charge in [-0.25, -0.2) is 0 Å². The molecule has 7 heavy (non-hydrogen) atoms. The second kappa shape index (κ2) is 3.38. The van der Waals surface area contributed by atoms with Crippen molar-refractivity contribution in [3.05, 3.63) is 9.47 Å². The van der Waals surface area contributed by atoms with E-state index in [9.17, 15) is 4.79 Å². The van der Waals surface area contributed by atoms with E-state index in [-0.39, 0.29) is 5.78 Å². The molecular weight excluding hydrogens is 224 g/mol. The van der Waals surface area contributed by atoms with Crippen LogP contribution >= 0.6 is 31.9 Å². The Balaban J connectivity index is 3.68. The van der Waals surface area contributed by atoms with E-state index in [2.05, 4.69) is 31.9 Å². The van der Waals surface area contributed by atoms with Crippen molar-refractivity contribution < 1.29 is 4.79 Å². The minimum absolute atomic E-state index is 0.0313. The number of hydrogen-bond acceptors (Lipinski definition) is 1. The van der Waals surface area contributed by atoms with Gasteiger partial charge >= 0.3 is 0 Å². The van der Waals surface area contributed by atoms with Crippen molar-refractivity contribution in [1.82, 2.24) is 0 Å². The van der Waals surface area contributed by atoms with Crippen LogP contribution in [0.1, 0.15) is 6.92 Å². The molecule has 0 aliphatic rings. The fraction of sp³-hybridized carbons (Fsp3) is 0.250. The van der Waals surface area contributed by atoms with E-state index in [1.165, 1.54) is 13.0 Å². The van der Waals surface area contributed by atoms with Crippen LogP contribution in [-0.2, 0) is 4.79 Å². The lowest BCUT2D eigenvalue weighted by molar-refractivity contribution is -0.112. The maximum absolute atomic E-state index is 10.1. The average Bonchev–Trinajstić information content (AvgIpc) is 1.27. The number of rotatable bonds is 1. The average molecular weight is 228 g/mol. The van der Waals surface area contributed by atoms with Crippen LogP contribution in [0, 0.1) is 0 Å². The fourth-order valence-corrected chi connectivity index (χ4v) is 0.798. The molecule has 0 unspecified atom stereocenters. The smallest absolute Gasteiger partial charge is 0.154 e. The number of carbonyl (C=O) groups excluding carboxylic acids is 1. The Labute approximate surface area is 59.0 Å². The van der Waals surface area contributed by atoms with E-state index in [1.54, 1.807) is 0 Å². The largest absolute Gasteiger partial charge is 0.295 e. The molecule has 0 spiro atoms. The molecule has 0 aromatic rings. The van der Waals surface area contributed by atoms with Crippen molar-refractivity contribution in [3.8, 4) is 0 Å². The molecule has 0 atom stereocenters. The highest BCUT2D eigenvalue weighted by Gasteiger charge is 1.83. The molecule has 0 radical (unpaired) electrons. The van der Waals surface area contributed by atoms with Crippen molar-refractivity contribution in [2.24, 2.45) is 0 Å². The predicted octanol–water partition coefficient (Wildman–Crippen LogP) is 2.21. The summed E-state index contributed by atoms with van der Waals surface area (Å²) in [5, 5.41) is 0. The summed E-state index contributed by atoms with van der Waals surface area (Å²) >= 11 is 6.06. The molecule has 40 valence electrons. The Morgan fingerprint density at radius 1 is 1.57 bits per heavy atom. The molecule has 0 N–H and O–H groups in total. The van der Waals surface area contributed by atoms with Gasteiger partial charge in [-0.3, -0.25) is 4.79 Å². The number of ketones is 1. The molecule has 0 rings (SSSR count). The molecule has 0 amide bonds. The van der Waals surface area contributed by atoms with Crippen molar-refractivity contribution >= 4 is 37.6 Å². The number of hydrogen-bond donors (Lipinski definition) is 0. The Bertz CT molecular complexity index is 102. The maximum Gasteiger partial charge on any atom is 0.154 e. The molecule has 0 aliphatic heterocycles. The van der Waals surface area contributed by atoms with Gasteiger partial charge in [0, 0.05) is 6.08 Å². The van der Waals surface area contributed by atoms with Crippen LogP contribution in [0.4, 0.5) is 0 Å². The molecule has 0 saturated heterocycles. The van der Waals surface area contributed by atoms with Crippen molar-refractivity contribution in [2.75, 3.05) is 0 Å². The Morgan fingerprint density at radius 3 is 2.00 bits per heavy atom. The van der Waals surface area contributed by atoms with Crippen molar-refractivity contribution in [2.45, 2.75) is 6.92 Å². The highest BCUT2D eigenvalue weighted by Crippen LogP contribution is 2.11. The van der Waals surface area contributed by atoms with Crippen LogP contribution in [0.3, 0.4) is 0 Å². The predicted molar refractivity (Wildman–Crippen MR) is 36.6 cm³/mol. The molecule has 1 nitrogen and oxygen atoms in total. The van der Waals surface area contributed by atoms with Crippen LogP contribution in [0.2, 0.25) is 0 Å². The maximum atomic E-state index is 10.1. The molecular formula is C4H4Br2O. The lowest BCUT2D eigenvalue weighted by atomic mass is 10.5. The van der Waals surface area contributed by atoms with Crippen molar-refractivity contribution in [3.63, 3.8) is 0 Å². The van der Waals surface area contributed by atoms with E-state index in [0.29, 0.717) is 3.39 Å². The Morgan fingerprint density at radius 2 is 2.00 bits per heavy atom. The molecule has 0 heterocycles. The third kappa shape index (κ3) is 6.37. The van der Waals surface area contributed by atoms with Crippen molar-refractivity contribution in [1.29, 1.82) is 0 Å². The minimum Gasteiger partial charge on any atom is -0.295 e. The summed E-state index contributed by atoms with van der Waals surface area (Å²) in [7, 11) is 0. The normalized spacial score (nSPS) is 7.86. The first-order valence-corrected chi connectivity index (χ1v) is 3.25. The first-order valence-electron chi connectivity index (χ1n) is 1.66. The SMILES string of the molecule is CC(=O)C=C(Br)Br. The van der Waals surface area contributed by atoms with Crippen LogP contribution in [0.5, 0.6) is 0 Å². The van der Waals surface area contributed by atoms with E-state index >= 15 is 0 Å². The van der Waals surface area contributed by atoms with Crippen LogP contribution in [-0.4, -0.2) is 5.78 Å². The van der Waals surface area contributed by atoms with Crippen LogP contribution in [0.25, 0.3) is 0 Å². The second-order valence-electron chi connectivity index (χ2n) is 1.04. The molecule has 0 aliphatic carbocycles. The van der Waals surface area contributed by atoms with E-state index in [0.717, 1.165) is 0 Å². The molecule has 0 fully saturated rings. The number of allylic oxidation sites excluding steroid dienone is 1. The quantitative estimate of drug-likeness (QED) is 0.628. The molecule has 0 aromatic heterocycles. The number of halogens is 2. The molecule has 0 saturated carbocycles. The third-order valence-electron chi connectivity index (χ3n) is 0.312. The monoisotopic (exact) mass is 226 g/mol. The van der Waals surface area contributed by atoms with Gasteiger partial charge in [0.15, 0.2) is 5.78 Å². The first kappa shape index (κ1) is 7.37. The van der Waals surface area contributed by atoms with Gasteiger partial charge in [0.05, 0.1) is 3.39 Å². The van der Waals surface area contributed by atoms with Gasteiger partial charge in [-0.15, -0.1) is 0 Å². The zero-order chi connectivity index (χ0) is 5.86. The lowest BCUT2D eigenvalue weighted by Crippen LogP contribution is -1.77. The number of carbonyl (C=O) groups is 1. The summed E-state index contributed by atoms with van der Waals surface area (Å²) in [5.74, 6) is 0.0313. The van der Waals surface area contributed by atoms with Crippen LogP contribution < -0.4 is 0 Å². The van der Waals surface area contributed by atoms with E-state index in [1.807, 2.05) is 0 Å². The first-order chi connectivity index (χ1) is 3.13.